The van der Waals surface area contributed by atoms with E-state index in [-0.39, 0.29) is 0 Å². The van der Waals surface area contributed by atoms with Gasteiger partial charge in [0, 0.05) is 36.7 Å². The molecular formula is C24H24N8O. The maximum absolute atomic E-state index is 12.4. The minimum atomic E-state index is 0.292. The topological polar surface area (TPSA) is 105 Å². The summed E-state index contributed by atoms with van der Waals surface area (Å²) >= 11 is 0. The van der Waals surface area contributed by atoms with E-state index in [1.54, 1.807) is 6.33 Å². The van der Waals surface area contributed by atoms with Crippen molar-refractivity contribution in [3.8, 4) is 33.9 Å². The van der Waals surface area contributed by atoms with Crippen molar-refractivity contribution in [3.63, 3.8) is 0 Å². The maximum Gasteiger partial charge on any atom is 0.225 e. The maximum atomic E-state index is 12.4. The van der Waals surface area contributed by atoms with E-state index >= 15 is 0 Å². The molecule has 1 aliphatic carbocycles. The highest BCUT2D eigenvalue weighted by Gasteiger charge is 2.36. The first-order valence-corrected chi connectivity index (χ1v) is 11.4. The standard InChI is InChI=1S/C24H24N8O/c33-24(19-8-9-19)31-11-10-16(13-31)14-32-15-25-28-23(32)18-6-4-17(5-7-18)20-2-1-3-21(12-20)22-26-29-30-27-22/h1-7,12,15-16,19H,8-11,13-14H2,(H,26,27,29,30)/t16-/m0/s1. The van der Waals surface area contributed by atoms with E-state index in [1.807, 2.05) is 17.0 Å². The molecule has 1 aliphatic heterocycles. The first-order valence-electron chi connectivity index (χ1n) is 11.4. The molecule has 166 valence electrons. The van der Waals surface area contributed by atoms with Crippen LogP contribution in [0.15, 0.2) is 54.9 Å². The van der Waals surface area contributed by atoms with Gasteiger partial charge in [0.1, 0.15) is 6.33 Å². The molecule has 9 heteroatoms. The van der Waals surface area contributed by atoms with Crippen molar-refractivity contribution in [2.75, 3.05) is 13.1 Å². The number of likely N-dealkylation sites (tertiary alicyclic amines) is 1. The Morgan fingerprint density at radius 2 is 1.79 bits per heavy atom. The molecule has 33 heavy (non-hydrogen) atoms. The van der Waals surface area contributed by atoms with Crippen LogP contribution in [0.1, 0.15) is 19.3 Å². The quantitative estimate of drug-likeness (QED) is 0.494. The molecule has 1 amide bonds. The number of H-pyrrole nitrogens is 1. The Bertz CT molecular complexity index is 1260. The fraction of sp³-hybridized carbons (Fsp3) is 0.333. The SMILES string of the molecule is O=C(C1CC1)N1CC[C@H](Cn2cnnc2-c2ccc(-c3cccc(-c4nnn[nH]4)c3)cc2)C1. The highest BCUT2D eigenvalue weighted by Crippen LogP contribution is 2.33. The zero-order chi connectivity index (χ0) is 22.2. The van der Waals surface area contributed by atoms with E-state index < -0.39 is 0 Å². The summed E-state index contributed by atoms with van der Waals surface area (Å²) in [5.41, 5.74) is 4.15. The lowest BCUT2D eigenvalue weighted by Crippen LogP contribution is -2.30. The Morgan fingerprint density at radius 3 is 2.58 bits per heavy atom. The molecule has 0 unspecified atom stereocenters. The van der Waals surface area contributed by atoms with Gasteiger partial charge in [-0.15, -0.1) is 15.3 Å². The Hall–Kier alpha value is -3.88. The summed E-state index contributed by atoms with van der Waals surface area (Å²) in [6.07, 6.45) is 4.95. The van der Waals surface area contributed by atoms with E-state index in [0.29, 0.717) is 23.6 Å². The molecule has 1 saturated heterocycles. The van der Waals surface area contributed by atoms with E-state index in [4.69, 9.17) is 0 Å². The molecule has 2 fully saturated rings. The van der Waals surface area contributed by atoms with Crippen molar-refractivity contribution in [2.24, 2.45) is 11.8 Å². The van der Waals surface area contributed by atoms with E-state index in [2.05, 4.69) is 71.8 Å². The molecule has 0 radical (unpaired) electrons. The summed E-state index contributed by atoms with van der Waals surface area (Å²) in [4.78, 5) is 14.4. The van der Waals surface area contributed by atoms with Gasteiger partial charge in [-0.05, 0) is 52.8 Å². The third kappa shape index (κ3) is 4.02. The van der Waals surface area contributed by atoms with Crippen molar-refractivity contribution in [3.05, 3.63) is 54.9 Å². The van der Waals surface area contributed by atoms with Crippen molar-refractivity contribution in [2.45, 2.75) is 25.8 Å². The monoisotopic (exact) mass is 440 g/mol. The van der Waals surface area contributed by atoms with Gasteiger partial charge in [-0.2, -0.15) is 0 Å². The number of hydrogen-bond donors (Lipinski definition) is 1. The minimum absolute atomic E-state index is 0.292. The van der Waals surface area contributed by atoms with Gasteiger partial charge in [-0.25, -0.2) is 5.10 Å². The van der Waals surface area contributed by atoms with Gasteiger partial charge in [-0.3, -0.25) is 4.79 Å². The zero-order valence-electron chi connectivity index (χ0n) is 18.1. The van der Waals surface area contributed by atoms with Gasteiger partial charge in [0.15, 0.2) is 11.6 Å². The molecule has 3 heterocycles. The van der Waals surface area contributed by atoms with Crippen molar-refractivity contribution in [1.82, 2.24) is 40.3 Å². The fourth-order valence-electron chi connectivity index (χ4n) is 4.60. The van der Waals surface area contributed by atoms with Crippen LogP contribution in [0.5, 0.6) is 0 Å². The molecular weight excluding hydrogens is 416 g/mol. The number of carbonyl (C=O) groups excluding carboxylic acids is 1. The van der Waals surface area contributed by atoms with Gasteiger partial charge < -0.3 is 9.47 Å². The number of aromatic amines is 1. The fourth-order valence-corrected chi connectivity index (χ4v) is 4.60. The Balaban J connectivity index is 1.17. The number of amides is 1. The molecule has 1 saturated carbocycles. The summed E-state index contributed by atoms with van der Waals surface area (Å²) in [6, 6.07) is 16.5. The summed E-state index contributed by atoms with van der Waals surface area (Å²) in [7, 11) is 0. The lowest BCUT2D eigenvalue weighted by atomic mass is 10.0. The average molecular weight is 441 g/mol. The molecule has 2 aliphatic rings. The number of benzene rings is 2. The van der Waals surface area contributed by atoms with Crippen molar-refractivity contribution < 1.29 is 4.79 Å². The van der Waals surface area contributed by atoms with Gasteiger partial charge in [0.25, 0.3) is 0 Å². The van der Waals surface area contributed by atoms with E-state index in [0.717, 1.165) is 67.0 Å². The van der Waals surface area contributed by atoms with Crippen molar-refractivity contribution >= 4 is 5.91 Å². The van der Waals surface area contributed by atoms with Crippen LogP contribution >= 0.6 is 0 Å². The van der Waals surface area contributed by atoms with Crippen LogP contribution in [0.4, 0.5) is 0 Å². The van der Waals surface area contributed by atoms with Crippen LogP contribution in [0.2, 0.25) is 0 Å². The van der Waals surface area contributed by atoms with Gasteiger partial charge >= 0.3 is 0 Å². The summed E-state index contributed by atoms with van der Waals surface area (Å²) in [5.74, 6) is 2.58. The molecule has 0 spiro atoms. The van der Waals surface area contributed by atoms with Crippen LogP contribution in [0.3, 0.4) is 0 Å². The first kappa shape index (κ1) is 19.8. The number of aromatic nitrogens is 7. The van der Waals surface area contributed by atoms with Crippen molar-refractivity contribution in [1.29, 1.82) is 0 Å². The van der Waals surface area contributed by atoms with Crippen LogP contribution in [0.25, 0.3) is 33.9 Å². The number of hydrogen-bond acceptors (Lipinski definition) is 6. The molecule has 2 aromatic heterocycles. The molecule has 0 bridgehead atoms. The number of nitrogens with zero attached hydrogens (tertiary/aromatic N) is 7. The molecule has 6 rings (SSSR count). The lowest BCUT2D eigenvalue weighted by Gasteiger charge is -2.17. The zero-order valence-corrected chi connectivity index (χ0v) is 18.1. The van der Waals surface area contributed by atoms with E-state index in [9.17, 15) is 4.79 Å². The minimum Gasteiger partial charge on any atom is -0.342 e. The smallest absolute Gasteiger partial charge is 0.225 e. The second-order valence-electron chi connectivity index (χ2n) is 8.93. The Kier molecular flexibility index (Phi) is 4.93. The number of tetrazole rings is 1. The summed E-state index contributed by atoms with van der Waals surface area (Å²) in [5, 5.41) is 22.6. The molecule has 1 N–H and O–H groups in total. The number of carbonyl (C=O) groups is 1. The van der Waals surface area contributed by atoms with Crippen LogP contribution in [-0.2, 0) is 11.3 Å². The Morgan fingerprint density at radius 1 is 0.970 bits per heavy atom. The normalized spacial score (nSPS) is 18.1. The second-order valence-corrected chi connectivity index (χ2v) is 8.93. The number of rotatable bonds is 6. The van der Waals surface area contributed by atoms with Crippen LogP contribution in [-0.4, -0.2) is 59.3 Å². The summed E-state index contributed by atoms with van der Waals surface area (Å²) < 4.78 is 2.11. The van der Waals surface area contributed by atoms with Crippen LogP contribution in [0, 0.1) is 11.8 Å². The first-order chi connectivity index (χ1) is 16.2. The predicted molar refractivity (Wildman–Crippen MR) is 121 cm³/mol. The highest BCUT2D eigenvalue weighted by molar-refractivity contribution is 5.81. The van der Waals surface area contributed by atoms with Gasteiger partial charge in [-0.1, -0.05) is 42.5 Å². The van der Waals surface area contributed by atoms with Gasteiger partial charge in [0.2, 0.25) is 5.91 Å². The van der Waals surface area contributed by atoms with E-state index in [1.165, 1.54) is 0 Å². The third-order valence-corrected chi connectivity index (χ3v) is 6.55. The molecule has 2 aromatic carbocycles. The Labute approximate surface area is 190 Å². The summed E-state index contributed by atoms with van der Waals surface area (Å²) in [6.45, 7) is 2.53. The highest BCUT2D eigenvalue weighted by atomic mass is 16.2. The predicted octanol–water partition coefficient (Wildman–Crippen LogP) is 3.05. The second kappa shape index (κ2) is 8.23. The molecule has 1 atom stereocenters. The third-order valence-electron chi connectivity index (χ3n) is 6.55. The number of nitrogens with one attached hydrogen (secondary N) is 1. The lowest BCUT2D eigenvalue weighted by molar-refractivity contribution is -0.131. The molecule has 4 aromatic rings. The average Bonchev–Trinajstić information content (AvgIpc) is 3.23. The van der Waals surface area contributed by atoms with Gasteiger partial charge in [0.05, 0.1) is 0 Å². The molecule has 9 nitrogen and oxygen atoms in total. The largest absolute Gasteiger partial charge is 0.342 e. The van der Waals surface area contributed by atoms with Crippen LogP contribution < -0.4 is 0 Å².